The number of nitrogens with two attached hydrogens (primary N) is 1. The van der Waals surface area contributed by atoms with Gasteiger partial charge in [0.15, 0.2) is 0 Å². The molecule has 0 spiro atoms. The molecular weight excluding hydrogens is 386 g/mol. The van der Waals surface area contributed by atoms with Gasteiger partial charge in [-0.05, 0) is 49.4 Å². The molecule has 2 fully saturated rings. The lowest BCUT2D eigenvalue weighted by Gasteiger charge is -2.20. The van der Waals surface area contributed by atoms with Gasteiger partial charge in [-0.3, -0.25) is 4.79 Å². The van der Waals surface area contributed by atoms with Gasteiger partial charge in [-0.1, -0.05) is 47.0 Å². The lowest BCUT2D eigenvalue weighted by molar-refractivity contribution is -0.125. The third-order valence-corrected chi connectivity index (χ3v) is 7.69. The fraction of sp³-hybridized carbons (Fsp3) is 0.682. The van der Waals surface area contributed by atoms with E-state index in [-0.39, 0.29) is 37.5 Å². The summed E-state index contributed by atoms with van der Waals surface area (Å²) in [4.78, 5) is 12.8. The minimum Gasteiger partial charge on any atom is -0.399 e. The van der Waals surface area contributed by atoms with Gasteiger partial charge in [0.25, 0.3) is 0 Å². The van der Waals surface area contributed by atoms with Crippen LogP contribution in [0.5, 0.6) is 0 Å². The number of carbonyl (C=O) groups excluding carboxylic acids is 1. The molecule has 2 aliphatic rings. The van der Waals surface area contributed by atoms with Crippen LogP contribution >= 0.6 is 0 Å². The van der Waals surface area contributed by atoms with E-state index in [2.05, 4.69) is 5.32 Å². The second-order valence-corrected chi connectivity index (χ2v) is 9.81. The summed E-state index contributed by atoms with van der Waals surface area (Å²) in [6.07, 6.45) is 8.75. The molecule has 1 atom stereocenters. The number of hydrogen-bond acceptors (Lipinski definition) is 4. The van der Waals surface area contributed by atoms with E-state index in [1.165, 1.54) is 23.6 Å². The van der Waals surface area contributed by atoms with Crippen LogP contribution in [0.2, 0.25) is 0 Å². The van der Waals surface area contributed by atoms with Gasteiger partial charge < -0.3 is 11.1 Å². The van der Waals surface area contributed by atoms with Gasteiger partial charge in [0, 0.05) is 31.2 Å². The molecular formula is C22H39N3O3S. The van der Waals surface area contributed by atoms with Crippen molar-refractivity contribution in [1.29, 1.82) is 0 Å². The number of nitrogens with one attached hydrogen (secondary N) is 1. The van der Waals surface area contributed by atoms with Crippen LogP contribution in [0.3, 0.4) is 0 Å². The van der Waals surface area contributed by atoms with Crippen molar-refractivity contribution in [2.45, 2.75) is 71.1 Å². The number of sulfonamides is 1. The first-order valence-electron chi connectivity index (χ1n) is 10.1. The summed E-state index contributed by atoms with van der Waals surface area (Å²) in [5.41, 5.74) is 6.19. The van der Waals surface area contributed by atoms with Crippen molar-refractivity contribution in [3.8, 4) is 0 Å². The van der Waals surface area contributed by atoms with Crippen LogP contribution in [0.15, 0.2) is 29.2 Å². The van der Waals surface area contributed by atoms with E-state index in [9.17, 15) is 13.2 Å². The van der Waals surface area contributed by atoms with Gasteiger partial charge in [-0.25, -0.2) is 8.42 Å². The Morgan fingerprint density at radius 2 is 1.59 bits per heavy atom. The smallest absolute Gasteiger partial charge is 0.243 e. The van der Waals surface area contributed by atoms with Gasteiger partial charge in [0.1, 0.15) is 0 Å². The van der Waals surface area contributed by atoms with E-state index in [0.29, 0.717) is 25.3 Å². The number of anilines is 1. The maximum atomic E-state index is 12.7. The van der Waals surface area contributed by atoms with Crippen LogP contribution in [0.25, 0.3) is 0 Å². The molecule has 1 aromatic rings. The Hall–Kier alpha value is -1.60. The molecule has 1 aliphatic heterocycles. The van der Waals surface area contributed by atoms with Gasteiger partial charge in [0.2, 0.25) is 15.9 Å². The third kappa shape index (κ3) is 6.71. The molecule has 29 heavy (non-hydrogen) atoms. The van der Waals surface area contributed by atoms with Gasteiger partial charge in [0.05, 0.1) is 4.90 Å². The Morgan fingerprint density at radius 1 is 1.00 bits per heavy atom. The Morgan fingerprint density at radius 3 is 2.21 bits per heavy atom. The number of nitrogen functional groups attached to an aromatic ring is 1. The molecule has 3 rings (SSSR count). The highest BCUT2D eigenvalue weighted by Crippen LogP contribution is 2.25. The van der Waals surface area contributed by atoms with Gasteiger partial charge in [-0.15, -0.1) is 0 Å². The molecule has 7 heteroatoms. The number of carbonyl (C=O) groups is 1. The summed E-state index contributed by atoms with van der Waals surface area (Å²) in [6.45, 7) is 1.51. The van der Waals surface area contributed by atoms with E-state index in [4.69, 9.17) is 5.73 Å². The van der Waals surface area contributed by atoms with E-state index in [1.807, 2.05) is 0 Å². The van der Waals surface area contributed by atoms with Crippen molar-refractivity contribution in [1.82, 2.24) is 9.62 Å². The molecule has 166 valence electrons. The predicted molar refractivity (Wildman–Crippen MR) is 120 cm³/mol. The lowest BCUT2D eigenvalue weighted by atomic mass is 9.90. The van der Waals surface area contributed by atoms with Crippen molar-refractivity contribution < 1.29 is 13.2 Å². The summed E-state index contributed by atoms with van der Waals surface area (Å²) in [5.74, 6) is 0.448. The summed E-state index contributed by atoms with van der Waals surface area (Å²) in [7, 11) is -3.49. The topological polar surface area (TPSA) is 92.5 Å². The largest absolute Gasteiger partial charge is 0.399 e. The normalized spacial score (nSPS) is 21.3. The minimum absolute atomic E-state index is 0. The number of benzene rings is 1. The van der Waals surface area contributed by atoms with Crippen LogP contribution in [0.1, 0.15) is 66.2 Å². The van der Waals surface area contributed by atoms with E-state index in [0.717, 1.165) is 32.1 Å². The SMILES string of the molecule is C.C.Nc1ccc(S(=O)(=O)N2CCC(CNC(=O)C3CCCCCCC3)C2)cc1. The monoisotopic (exact) mass is 425 g/mol. The first-order valence-corrected chi connectivity index (χ1v) is 11.5. The first kappa shape index (κ1) is 25.4. The maximum absolute atomic E-state index is 12.7. The summed E-state index contributed by atoms with van der Waals surface area (Å²) >= 11 is 0. The lowest BCUT2D eigenvalue weighted by Crippen LogP contribution is -2.36. The molecule has 1 saturated carbocycles. The quantitative estimate of drug-likeness (QED) is 0.697. The van der Waals surface area contributed by atoms with Crippen molar-refractivity contribution in [3.63, 3.8) is 0 Å². The zero-order chi connectivity index (χ0) is 19.3. The average Bonchev–Trinajstić information content (AvgIpc) is 3.10. The number of amides is 1. The van der Waals surface area contributed by atoms with Crippen LogP contribution in [-0.2, 0) is 14.8 Å². The van der Waals surface area contributed by atoms with Crippen LogP contribution in [0.4, 0.5) is 5.69 Å². The molecule has 3 N–H and O–H groups in total. The highest BCUT2D eigenvalue weighted by molar-refractivity contribution is 7.89. The molecule has 1 unspecified atom stereocenters. The van der Waals surface area contributed by atoms with Gasteiger partial charge >= 0.3 is 0 Å². The predicted octanol–water partition coefficient (Wildman–Crippen LogP) is 4.03. The zero-order valence-electron chi connectivity index (χ0n) is 15.9. The fourth-order valence-corrected chi connectivity index (χ4v) is 5.61. The molecule has 1 aromatic carbocycles. The number of hydrogen-bond donors (Lipinski definition) is 2. The van der Waals surface area contributed by atoms with Crippen molar-refractivity contribution in [2.75, 3.05) is 25.4 Å². The maximum Gasteiger partial charge on any atom is 0.243 e. The van der Waals surface area contributed by atoms with Crippen molar-refractivity contribution in [2.24, 2.45) is 11.8 Å². The molecule has 1 saturated heterocycles. The fourth-order valence-electron chi connectivity index (χ4n) is 4.08. The number of rotatable bonds is 5. The van der Waals surface area contributed by atoms with E-state index < -0.39 is 10.0 Å². The molecule has 1 heterocycles. The van der Waals surface area contributed by atoms with Crippen LogP contribution in [0, 0.1) is 11.8 Å². The molecule has 0 aromatic heterocycles. The second-order valence-electron chi connectivity index (χ2n) is 7.87. The van der Waals surface area contributed by atoms with Crippen LogP contribution in [-0.4, -0.2) is 38.3 Å². The molecule has 0 radical (unpaired) electrons. The third-order valence-electron chi connectivity index (χ3n) is 5.81. The minimum atomic E-state index is -3.49. The summed E-state index contributed by atoms with van der Waals surface area (Å²) in [5, 5.41) is 3.08. The Balaban J connectivity index is 0.00000210. The van der Waals surface area contributed by atoms with Crippen molar-refractivity contribution >= 4 is 21.6 Å². The highest BCUT2D eigenvalue weighted by atomic mass is 32.2. The zero-order valence-corrected chi connectivity index (χ0v) is 16.7. The van der Waals surface area contributed by atoms with Gasteiger partial charge in [-0.2, -0.15) is 4.31 Å². The average molecular weight is 426 g/mol. The summed E-state index contributed by atoms with van der Waals surface area (Å²) in [6, 6.07) is 6.31. The van der Waals surface area contributed by atoms with Crippen molar-refractivity contribution in [3.05, 3.63) is 24.3 Å². The first-order chi connectivity index (χ1) is 13.0. The Bertz CT molecular complexity index is 726. The molecule has 6 nitrogen and oxygen atoms in total. The molecule has 1 amide bonds. The standard InChI is InChI=1S/C20H31N3O3S.2CH4/c21-18-8-10-19(11-9-18)27(25,26)23-13-12-16(15-23)14-22-20(24)17-6-4-2-1-3-5-7-17;;/h8-11,16-17H,1-7,12-15,21H2,(H,22,24);2*1H4. The van der Waals surface area contributed by atoms with E-state index in [1.54, 1.807) is 24.3 Å². The second kappa shape index (κ2) is 11.6. The molecule has 0 bridgehead atoms. The highest BCUT2D eigenvalue weighted by Gasteiger charge is 2.33. The molecule has 1 aliphatic carbocycles. The van der Waals surface area contributed by atoms with E-state index >= 15 is 0 Å². The Kier molecular flexibility index (Phi) is 10.1. The Labute approximate surface area is 177 Å². The van der Waals surface area contributed by atoms with Crippen LogP contribution < -0.4 is 11.1 Å². The number of nitrogens with zero attached hydrogens (tertiary/aromatic N) is 1. The summed E-state index contributed by atoms with van der Waals surface area (Å²) < 4.78 is 27.0.